The maximum Gasteiger partial charge on any atom is 0.241 e. The van der Waals surface area contributed by atoms with Crippen LogP contribution in [-0.2, 0) is 17.8 Å². The van der Waals surface area contributed by atoms with E-state index in [0.717, 1.165) is 11.1 Å². The Morgan fingerprint density at radius 1 is 1.04 bits per heavy atom. The number of aromatic hydroxyl groups is 1. The van der Waals surface area contributed by atoms with Crippen LogP contribution >= 0.6 is 0 Å². The van der Waals surface area contributed by atoms with Gasteiger partial charge in [-0.05, 0) is 43.5 Å². The Morgan fingerprint density at radius 3 is 2.35 bits per heavy atom. The number of rotatable bonds is 4. The molecule has 3 rings (SSSR count). The molecular weight excluding hydrogens is 288 g/mol. The lowest BCUT2D eigenvalue weighted by atomic mass is 10.1. The van der Waals surface area contributed by atoms with Crippen LogP contribution in [0, 0.1) is 0 Å². The summed E-state index contributed by atoms with van der Waals surface area (Å²) < 4.78 is 0. The molecule has 4 nitrogen and oxygen atoms in total. The molecule has 0 aromatic heterocycles. The van der Waals surface area contributed by atoms with E-state index >= 15 is 0 Å². The van der Waals surface area contributed by atoms with Gasteiger partial charge in [-0.3, -0.25) is 10.1 Å². The van der Waals surface area contributed by atoms with Gasteiger partial charge in [-0.2, -0.15) is 0 Å². The first-order valence-electron chi connectivity index (χ1n) is 7.87. The van der Waals surface area contributed by atoms with Gasteiger partial charge in [0.1, 0.15) is 5.75 Å². The van der Waals surface area contributed by atoms with Gasteiger partial charge in [-0.25, -0.2) is 0 Å². The maximum absolute atomic E-state index is 12.8. The fourth-order valence-corrected chi connectivity index (χ4v) is 3.08. The third-order valence-electron chi connectivity index (χ3n) is 4.33. The van der Waals surface area contributed by atoms with E-state index in [-0.39, 0.29) is 23.4 Å². The standard InChI is InChI=1S/C19H22N2O2/c1-19(2)20-17(12-14-8-10-16(22)11-9-14)18(23)21(19)13-15-6-4-3-5-7-15/h3-11,17,20,22H,12-13H2,1-2H3/t17-/m0/s1. The van der Waals surface area contributed by atoms with Gasteiger partial charge >= 0.3 is 0 Å². The summed E-state index contributed by atoms with van der Waals surface area (Å²) in [5.41, 5.74) is 1.78. The zero-order chi connectivity index (χ0) is 16.4. The molecule has 0 bridgehead atoms. The molecule has 2 N–H and O–H groups in total. The van der Waals surface area contributed by atoms with Crippen LogP contribution in [0.1, 0.15) is 25.0 Å². The van der Waals surface area contributed by atoms with Crippen LogP contribution in [0.2, 0.25) is 0 Å². The number of nitrogens with one attached hydrogen (secondary N) is 1. The van der Waals surface area contributed by atoms with Crippen molar-refractivity contribution >= 4 is 5.91 Å². The number of carbonyl (C=O) groups is 1. The van der Waals surface area contributed by atoms with Crippen LogP contribution in [0.5, 0.6) is 5.75 Å². The molecule has 120 valence electrons. The molecule has 2 aromatic carbocycles. The van der Waals surface area contributed by atoms with Gasteiger partial charge in [-0.1, -0.05) is 42.5 Å². The summed E-state index contributed by atoms with van der Waals surface area (Å²) in [6.07, 6.45) is 0.619. The van der Waals surface area contributed by atoms with Crippen LogP contribution in [0.4, 0.5) is 0 Å². The monoisotopic (exact) mass is 310 g/mol. The summed E-state index contributed by atoms with van der Waals surface area (Å²) in [6.45, 7) is 4.67. The Kier molecular flexibility index (Phi) is 4.09. The molecule has 1 atom stereocenters. The summed E-state index contributed by atoms with van der Waals surface area (Å²) in [7, 11) is 0. The second-order valence-corrected chi connectivity index (χ2v) is 6.54. The van der Waals surface area contributed by atoms with Crippen molar-refractivity contribution in [2.75, 3.05) is 0 Å². The molecule has 2 aromatic rings. The lowest BCUT2D eigenvalue weighted by Gasteiger charge is -2.31. The van der Waals surface area contributed by atoms with Gasteiger partial charge < -0.3 is 10.0 Å². The quantitative estimate of drug-likeness (QED) is 0.913. The molecule has 1 fully saturated rings. The highest BCUT2D eigenvalue weighted by Gasteiger charge is 2.43. The fourth-order valence-electron chi connectivity index (χ4n) is 3.08. The van der Waals surface area contributed by atoms with E-state index in [1.54, 1.807) is 12.1 Å². The Hall–Kier alpha value is -2.33. The van der Waals surface area contributed by atoms with Crippen molar-refractivity contribution in [3.8, 4) is 5.75 Å². The predicted molar refractivity (Wildman–Crippen MR) is 89.8 cm³/mol. The van der Waals surface area contributed by atoms with Crippen LogP contribution in [0.15, 0.2) is 54.6 Å². The fraction of sp³-hybridized carbons (Fsp3) is 0.316. The van der Waals surface area contributed by atoms with E-state index in [1.807, 2.05) is 61.2 Å². The highest BCUT2D eigenvalue weighted by molar-refractivity contribution is 5.85. The van der Waals surface area contributed by atoms with E-state index < -0.39 is 0 Å². The Labute approximate surface area is 136 Å². The van der Waals surface area contributed by atoms with Crippen molar-refractivity contribution in [2.45, 2.75) is 38.5 Å². The Morgan fingerprint density at radius 2 is 1.70 bits per heavy atom. The zero-order valence-corrected chi connectivity index (χ0v) is 13.5. The van der Waals surface area contributed by atoms with E-state index in [4.69, 9.17) is 0 Å². The van der Waals surface area contributed by atoms with Crippen LogP contribution in [0.25, 0.3) is 0 Å². The summed E-state index contributed by atoms with van der Waals surface area (Å²) in [5.74, 6) is 0.359. The van der Waals surface area contributed by atoms with Crippen molar-refractivity contribution in [1.29, 1.82) is 0 Å². The van der Waals surface area contributed by atoms with Gasteiger partial charge in [0.05, 0.1) is 11.7 Å². The molecular formula is C19H22N2O2. The number of hydrogen-bond acceptors (Lipinski definition) is 3. The normalized spacial score (nSPS) is 20.0. The van der Waals surface area contributed by atoms with E-state index in [9.17, 15) is 9.90 Å². The molecule has 1 aliphatic rings. The molecule has 1 heterocycles. The van der Waals surface area contributed by atoms with E-state index in [1.165, 1.54) is 0 Å². The largest absolute Gasteiger partial charge is 0.508 e. The Bertz CT molecular complexity index is 680. The second kappa shape index (κ2) is 6.05. The number of nitrogens with zero attached hydrogens (tertiary/aromatic N) is 1. The lowest BCUT2D eigenvalue weighted by molar-refractivity contribution is -0.132. The van der Waals surface area contributed by atoms with Crippen LogP contribution in [0.3, 0.4) is 0 Å². The van der Waals surface area contributed by atoms with Gasteiger partial charge in [0.25, 0.3) is 0 Å². The van der Waals surface area contributed by atoms with E-state index in [2.05, 4.69) is 5.32 Å². The molecule has 1 aliphatic heterocycles. The minimum absolute atomic E-state index is 0.118. The SMILES string of the molecule is CC1(C)N[C@@H](Cc2ccc(O)cc2)C(=O)N1Cc1ccccc1. The average molecular weight is 310 g/mol. The molecule has 0 saturated carbocycles. The first kappa shape index (κ1) is 15.6. The number of phenolic OH excluding ortho intramolecular Hbond substituents is 1. The molecule has 4 heteroatoms. The minimum Gasteiger partial charge on any atom is -0.508 e. The van der Waals surface area contributed by atoms with Gasteiger partial charge in [0, 0.05) is 6.54 Å². The molecule has 23 heavy (non-hydrogen) atoms. The maximum atomic E-state index is 12.8. The first-order chi connectivity index (χ1) is 11.0. The third-order valence-corrected chi connectivity index (χ3v) is 4.33. The summed E-state index contributed by atoms with van der Waals surface area (Å²) in [5, 5.41) is 12.8. The van der Waals surface area contributed by atoms with Crippen molar-refractivity contribution < 1.29 is 9.90 Å². The molecule has 1 amide bonds. The average Bonchev–Trinajstić information content (AvgIpc) is 2.74. The topological polar surface area (TPSA) is 52.6 Å². The summed E-state index contributed by atoms with van der Waals surface area (Å²) in [6, 6.07) is 16.8. The lowest BCUT2D eigenvalue weighted by Crippen LogP contribution is -2.46. The van der Waals surface area contributed by atoms with Crippen molar-refractivity contribution in [2.24, 2.45) is 0 Å². The number of hydrogen-bond donors (Lipinski definition) is 2. The van der Waals surface area contributed by atoms with Crippen molar-refractivity contribution in [3.05, 3.63) is 65.7 Å². The number of benzene rings is 2. The van der Waals surface area contributed by atoms with Gasteiger partial charge in [-0.15, -0.1) is 0 Å². The Balaban J connectivity index is 1.75. The highest BCUT2D eigenvalue weighted by Crippen LogP contribution is 2.25. The van der Waals surface area contributed by atoms with E-state index in [0.29, 0.717) is 13.0 Å². The molecule has 1 saturated heterocycles. The first-order valence-corrected chi connectivity index (χ1v) is 7.87. The summed E-state index contributed by atoms with van der Waals surface area (Å²) >= 11 is 0. The van der Waals surface area contributed by atoms with Crippen molar-refractivity contribution in [1.82, 2.24) is 10.2 Å². The molecule has 0 radical (unpaired) electrons. The second-order valence-electron chi connectivity index (χ2n) is 6.54. The van der Waals surface area contributed by atoms with Crippen LogP contribution < -0.4 is 5.32 Å². The minimum atomic E-state index is -0.380. The van der Waals surface area contributed by atoms with Crippen molar-refractivity contribution in [3.63, 3.8) is 0 Å². The number of amides is 1. The number of carbonyl (C=O) groups excluding carboxylic acids is 1. The zero-order valence-electron chi connectivity index (χ0n) is 13.5. The number of phenols is 1. The highest BCUT2D eigenvalue weighted by atomic mass is 16.3. The van der Waals surface area contributed by atoms with Gasteiger partial charge in [0.2, 0.25) is 5.91 Å². The third kappa shape index (κ3) is 3.37. The summed E-state index contributed by atoms with van der Waals surface area (Å²) in [4.78, 5) is 14.7. The predicted octanol–water partition coefficient (Wildman–Crippen LogP) is 2.67. The molecule has 0 spiro atoms. The molecule has 0 unspecified atom stereocenters. The molecule has 0 aliphatic carbocycles. The van der Waals surface area contributed by atoms with Crippen LogP contribution in [-0.4, -0.2) is 27.6 Å². The smallest absolute Gasteiger partial charge is 0.241 e. The van der Waals surface area contributed by atoms with Gasteiger partial charge in [0.15, 0.2) is 0 Å².